The molecule has 162 valence electrons. The third kappa shape index (κ3) is 2.64. The molecule has 7 nitrogen and oxygen atoms in total. The summed E-state index contributed by atoms with van der Waals surface area (Å²) in [7, 11) is 7.47. The van der Waals surface area contributed by atoms with Crippen LogP contribution in [0.3, 0.4) is 0 Å². The molecule has 2 aromatic rings. The molecule has 3 aliphatic rings. The molecule has 2 aliphatic heterocycles. The van der Waals surface area contributed by atoms with Crippen LogP contribution >= 0.6 is 0 Å². The standard InChI is InChI=1S/C25H24N4O3/c1-26-17-9-5-6-10-18(17)27(2)21(26)13-15-23(30)16(25(32)24(15)31)14-22-28(3)19-11-7-8-12-20(19)29(22)4/h5-14,30H,1-4H3,(H,31,32)/p-2. The molecule has 0 N–H and O–H groups in total. The summed E-state index contributed by atoms with van der Waals surface area (Å²) in [6, 6.07) is 15.6. The second-order valence-electron chi connectivity index (χ2n) is 8.03. The molecule has 2 heterocycles. The summed E-state index contributed by atoms with van der Waals surface area (Å²) < 4.78 is 0. The van der Waals surface area contributed by atoms with Crippen LogP contribution in [0.2, 0.25) is 0 Å². The Morgan fingerprint density at radius 3 is 1.31 bits per heavy atom. The fraction of sp³-hybridized carbons (Fsp3) is 0.160. The van der Waals surface area contributed by atoms with Gasteiger partial charge in [0.05, 0.1) is 22.7 Å². The smallest absolute Gasteiger partial charge is 0.178 e. The second kappa shape index (κ2) is 6.95. The molecule has 0 aromatic heterocycles. The first-order valence-corrected chi connectivity index (χ1v) is 10.2. The monoisotopic (exact) mass is 426 g/mol. The van der Waals surface area contributed by atoms with Crippen LogP contribution in [0.5, 0.6) is 0 Å². The first-order valence-electron chi connectivity index (χ1n) is 10.2. The van der Waals surface area contributed by atoms with Crippen molar-refractivity contribution in [2.75, 3.05) is 47.8 Å². The summed E-state index contributed by atoms with van der Waals surface area (Å²) in [4.78, 5) is 20.4. The maximum Gasteiger partial charge on any atom is 0.178 e. The van der Waals surface area contributed by atoms with Gasteiger partial charge in [0, 0.05) is 33.8 Å². The molecule has 7 heteroatoms. The van der Waals surface area contributed by atoms with E-state index in [0.717, 1.165) is 22.7 Å². The highest BCUT2D eigenvalue weighted by Gasteiger charge is 2.30. The average Bonchev–Trinajstić information content (AvgIpc) is 3.28. The summed E-state index contributed by atoms with van der Waals surface area (Å²) in [6.07, 6.45) is 3.04. The van der Waals surface area contributed by atoms with Gasteiger partial charge in [-0.2, -0.15) is 0 Å². The van der Waals surface area contributed by atoms with Crippen LogP contribution in [-0.4, -0.2) is 34.0 Å². The predicted molar refractivity (Wildman–Crippen MR) is 122 cm³/mol. The van der Waals surface area contributed by atoms with Crippen LogP contribution in [0.1, 0.15) is 0 Å². The van der Waals surface area contributed by atoms with Gasteiger partial charge in [0.2, 0.25) is 0 Å². The van der Waals surface area contributed by atoms with Crippen LogP contribution in [0.25, 0.3) is 0 Å². The Morgan fingerprint density at radius 2 is 0.938 bits per heavy atom. The van der Waals surface area contributed by atoms with E-state index in [0.29, 0.717) is 11.6 Å². The number of Topliss-reactive ketones (excluding diaryl/α,β-unsaturated/α-hetero) is 1. The SMILES string of the molecule is CN1C(=CC2=C([O-])C(C=C3N(C)c4ccccc4N3C)=C([O-])C2=O)N(C)c2ccccc21. The van der Waals surface area contributed by atoms with Crippen molar-refractivity contribution in [3.8, 4) is 0 Å². The lowest BCUT2D eigenvalue weighted by atomic mass is 10.1. The van der Waals surface area contributed by atoms with E-state index in [9.17, 15) is 15.0 Å². The summed E-state index contributed by atoms with van der Waals surface area (Å²) in [5.74, 6) is -0.768. The zero-order valence-corrected chi connectivity index (χ0v) is 18.3. The first-order chi connectivity index (χ1) is 15.3. The number of rotatable bonds is 2. The normalized spacial score (nSPS) is 17.7. The van der Waals surface area contributed by atoms with Gasteiger partial charge in [0.1, 0.15) is 11.6 Å². The maximum atomic E-state index is 13.2. The lowest BCUT2D eigenvalue weighted by Crippen LogP contribution is -2.23. The second-order valence-corrected chi connectivity index (χ2v) is 8.03. The lowest BCUT2D eigenvalue weighted by molar-refractivity contribution is -0.308. The van der Waals surface area contributed by atoms with Crippen LogP contribution in [-0.2, 0) is 4.79 Å². The van der Waals surface area contributed by atoms with Crippen molar-refractivity contribution in [3.05, 3.63) is 95.0 Å². The van der Waals surface area contributed by atoms with E-state index in [1.165, 1.54) is 12.2 Å². The number of ketones is 1. The van der Waals surface area contributed by atoms with Gasteiger partial charge in [-0.15, -0.1) is 0 Å². The lowest BCUT2D eigenvalue weighted by Gasteiger charge is -2.22. The Bertz CT molecular complexity index is 1230. The molecular formula is C25H22N4O3-2. The highest BCUT2D eigenvalue weighted by Crippen LogP contribution is 2.42. The third-order valence-corrected chi connectivity index (χ3v) is 6.32. The molecule has 0 bridgehead atoms. The quantitative estimate of drug-likeness (QED) is 0.723. The van der Waals surface area contributed by atoms with Crippen molar-refractivity contribution in [1.29, 1.82) is 0 Å². The molecule has 5 rings (SSSR count). The molecule has 0 amide bonds. The van der Waals surface area contributed by atoms with Crippen LogP contribution in [0, 0.1) is 0 Å². The van der Waals surface area contributed by atoms with Crippen LogP contribution < -0.4 is 29.8 Å². The Hall–Kier alpha value is -4.13. The average molecular weight is 426 g/mol. The molecule has 0 spiro atoms. The van der Waals surface area contributed by atoms with Crippen molar-refractivity contribution in [1.82, 2.24) is 0 Å². The van der Waals surface area contributed by atoms with E-state index in [1.54, 1.807) is 0 Å². The first kappa shape index (κ1) is 19.8. The number of carbonyl (C=O) groups is 1. The van der Waals surface area contributed by atoms with Crippen LogP contribution in [0.4, 0.5) is 22.7 Å². The number of fused-ring (bicyclic) bond motifs is 2. The maximum absolute atomic E-state index is 13.2. The fourth-order valence-corrected chi connectivity index (χ4v) is 4.51. The van der Waals surface area contributed by atoms with E-state index in [1.807, 2.05) is 96.3 Å². The van der Waals surface area contributed by atoms with E-state index in [4.69, 9.17) is 0 Å². The zero-order chi connectivity index (χ0) is 22.7. The van der Waals surface area contributed by atoms with Crippen molar-refractivity contribution in [2.45, 2.75) is 0 Å². The summed E-state index contributed by atoms with van der Waals surface area (Å²) >= 11 is 0. The molecule has 0 saturated heterocycles. The van der Waals surface area contributed by atoms with E-state index < -0.39 is 17.3 Å². The topological polar surface area (TPSA) is 76.1 Å². The Morgan fingerprint density at radius 1 is 0.594 bits per heavy atom. The molecule has 32 heavy (non-hydrogen) atoms. The number of benzene rings is 2. The molecule has 0 atom stereocenters. The Balaban J connectivity index is 1.54. The Kier molecular flexibility index (Phi) is 4.30. The highest BCUT2D eigenvalue weighted by molar-refractivity contribution is 6.13. The van der Waals surface area contributed by atoms with Gasteiger partial charge in [-0.3, -0.25) is 4.79 Å². The van der Waals surface area contributed by atoms with Crippen molar-refractivity contribution < 1.29 is 15.0 Å². The summed E-state index contributed by atoms with van der Waals surface area (Å²) in [5.41, 5.74) is 3.63. The van der Waals surface area contributed by atoms with Crippen molar-refractivity contribution in [2.24, 2.45) is 0 Å². The number of nitrogens with zero attached hydrogens (tertiary/aromatic N) is 4. The molecule has 1 aliphatic carbocycles. The highest BCUT2D eigenvalue weighted by atomic mass is 16.3. The largest absolute Gasteiger partial charge is 0.872 e. The number of hydrogen-bond donors (Lipinski definition) is 0. The molecule has 0 saturated carbocycles. The molecule has 0 unspecified atom stereocenters. The minimum atomic E-state index is -0.770. The van der Waals surface area contributed by atoms with E-state index in [2.05, 4.69) is 0 Å². The number of anilines is 4. The van der Waals surface area contributed by atoms with Gasteiger partial charge in [0.25, 0.3) is 0 Å². The van der Waals surface area contributed by atoms with Crippen LogP contribution in [0.15, 0.2) is 95.0 Å². The molecular weight excluding hydrogens is 404 g/mol. The van der Waals surface area contributed by atoms with Gasteiger partial charge >= 0.3 is 0 Å². The van der Waals surface area contributed by atoms with E-state index >= 15 is 0 Å². The summed E-state index contributed by atoms with van der Waals surface area (Å²) in [6.45, 7) is 0. The Labute approximate surface area is 186 Å². The van der Waals surface area contributed by atoms with Gasteiger partial charge in [-0.1, -0.05) is 35.8 Å². The number of hydrogen-bond acceptors (Lipinski definition) is 7. The minimum Gasteiger partial charge on any atom is -0.872 e. The van der Waals surface area contributed by atoms with Crippen molar-refractivity contribution in [3.63, 3.8) is 0 Å². The number of carbonyl (C=O) groups excluding carboxylic acids is 1. The fourth-order valence-electron chi connectivity index (χ4n) is 4.51. The summed E-state index contributed by atoms with van der Waals surface area (Å²) in [5, 5.41) is 26.0. The number of para-hydroxylation sites is 4. The van der Waals surface area contributed by atoms with Gasteiger partial charge in [-0.05, 0) is 42.0 Å². The van der Waals surface area contributed by atoms with Gasteiger partial charge in [0.15, 0.2) is 5.78 Å². The molecule has 2 aromatic carbocycles. The van der Waals surface area contributed by atoms with Gasteiger partial charge in [-0.25, -0.2) is 0 Å². The molecule has 0 radical (unpaired) electrons. The minimum absolute atomic E-state index is 0.107. The number of allylic oxidation sites excluding steroid dienone is 3. The third-order valence-electron chi connectivity index (χ3n) is 6.32. The van der Waals surface area contributed by atoms with Crippen molar-refractivity contribution >= 4 is 28.5 Å². The predicted octanol–water partition coefficient (Wildman–Crippen LogP) is 1.65. The van der Waals surface area contributed by atoms with Gasteiger partial charge < -0.3 is 29.8 Å². The molecule has 0 fully saturated rings. The van der Waals surface area contributed by atoms with E-state index in [-0.39, 0.29) is 11.1 Å². The zero-order valence-electron chi connectivity index (χ0n) is 18.3.